The van der Waals surface area contributed by atoms with Gasteiger partial charge >= 0.3 is 14.7 Å². The molecule has 0 amide bonds. The normalized spacial score (nSPS) is 13.3. The first-order valence-corrected chi connectivity index (χ1v) is 6.79. The molecule has 0 N–H and O–H groups in total. The monoisotopic (exact) mass is 230 g/mol. The lowest BCUT2D eigenvalue weighted by Gasteiger charge is -2.27. The van der Waals surface area contributed by atoms with Crippen LogP contribution in [0.25, 0.3) is 0 Å². The minimum absolute atomic E-state index is 0.0165. The second-order valence-electron chi connectivity index (χ2n) is 3.18. The summed E-state index contributed by atoms with van der Waals surface area (Å²) in [4.78, 5) is 0. The zero-order valence-electron chi connectivity index (χ0n) is 8.78. The molecule has 0 bridgehead atoms. The zero-order chi connectivity index (χ0) is 11.2. The zero-order valence-corrected chi connectivity index (χ0v) is 9.78. The van der Waals surface area contributed by atoms with Crippen LogP contribution in [-0.2, 0) is 8.85 Å². The van der Waals surface area contributed by atoms with Crippen molar-refractivity contribution in [2.24, 2.45) is 0 Å². The molecule has 0 radical (unpaired) electrons. The van der Waals surface area contributed by atoms with E-state index in [4.69, 9.17) is 8.85 Å². The highest BCUT2D eigenvalue weighted by Crippen LogP contribution is 2.29. The lowest BCUT2D eigenvalue weighted by molar-refractivity contribution is -0.131. The van der Waals surface area contributed by atoms with E-state index >= 15 is 0 Å². The molecule has 0 heterocycles. The van der Waals surface area contributed by atoms with E-state index in [-0.39, 0.29) is 6.04 Å². The van der Waals surface area contributed by atoms with E-state index in [0.717, 1.165) is 6.42 Å². The Bertz CT molecular complexity index is 157. The van der Waals surface area contributed by atoms with Gasteiger partial charge in [0, 0.05) is 20.6 Å². The minimum atomic E-state index is -4.12. The predicted octanol–water partition coefficient (Wildman–Crippen LogP) is 3.08. The minimum Gasteiger partial charge on any atom is -0.398 e. The summed E-state index contributed by atoms with van der Waals surface area (Å²) in [5.74, 6) is 0. The molecule has 6 heteroatoms. The summed E-state index contributed by atoms with van der Waals surface area (Å²) in [5, 5.41) is 0. The molecule has 0 atom stereocenters. The van der Waals surface area contributed by atoms with Crippen molar-refractivity contribution < 1.29 is 22.0 Å². The van der Waals surface area contributed by atoms with Crippen molar-refractivity contribution in [3.8, 4) is 0 Å². The molecule has 0 saturated carbocycles. The molecule has 0 aromatic rings. The molecular weight excluding hydrogens is 213 g/mol. The second-order valence-corrected chi connectivity index (χ2v) is 6.82. The lowest BCUT2D eigenvalue weighted by Crippen LogP contribution is -2.40. The molecule has 0 unspecified atom stereocenters. The van der Waals surface area contributed by atoms with E-state index in [1.165, 1.54) is 14.2 Å². The molecule has 0 aliphatic heterocycles. The van der Waals surface area contributed by atoms with E-state index in [1.54, 1.807) is 0 Å². The molecule has 0 aliphatic rings. The van der Waals surface area contributed by atoms with Gasteiger partial charge in [0.1, 0.15) is 0 Å². The molecular formula is C8H17F3O2Si. The van der Waals surface area contributed by atoms with Crippen LogP contribution in [-0.4, -0.2) is 29.0 Å². The van der Waals surface area contributed by atoms with Crippen molar-refractivity contribution in [3.05, 3.63) is 0 Å². The van der Waals surface area contributed by atoms with Crippen molar-refractivity contribution >= 4 is 8.56 Å². The van der Waals surface area contributed by atoms with E-state index < -0.39 is 21.2 Å². The molecule has 2 nitrogen and oxygen atoms in total. The van der Waals surface area contributed by atoms with Crippen molar-refractivity contribution in [2.75, 3.05) is 14.2 Å². The van der Waals surface area contributed by atoms with Gasteiger partial charge in [0.2, 0.25) is 0 Å². The van der Waals surface area contributed by atoms with Gasteiger partial charge in [0.15, 0.2) is 0 Å². The Hall–Kier alpha value is -0.0731. The third-order valence-corrected chi connectivity index (χ3v) is 5.93. The van der Waals surface area contributed by atoms with Gasteiger partial charge < -0.3 is 8.85 Å². The molecule has 0 aliphatic carbocycles. The average molecular weight is 230 g/mol. The molecule has 0 saturated heterocycles. The first-order chi connectivity index (χ1) is 6.39. The first kappa shape index (κ1) is 13.9. The molecule has 14 heavy (non-hydrogen) atoms. The van der Waals surface area contributed by atoms with Crippen molar-refractivity contribution in [2.45, 2.75) is 38.0 Å². The highest BCUT2D eigenvalue weighted by molar-refractivity contribution is 6.67. The molecule has 0 rings (SSSR count). The van der Waals surface area contributed by atoms with Gasteiger partial charge in [-0.2, -0.15) is 13.2 Å². The van der Waals surface area contributed by atoms with Gasteiger partial charge in [-0.3, -0.25) is 0 Å². The maximum Gasteiger partial charge on any atom is 0.389 e. The van der Waals surface area contributed by atoms with E-state index in [2.05, 4.69) is 0 Å². The first-order valence-electron chi connectivity index (χ1n) is 4.56. The van der Waals surface area contributed by atoms with Crippen LogP contribution < -0.4 is 0 Å². The summed E-state index contributed by atoms with van der Waals surface area (Å²) >= 11 is 0. The van der Waals surface area contributed by atoms with Gasteiger partial charge in [0.25, 0.3) is 0 Å². The standard InChI is InChI=1S/C8H17F3O2Si/c1-4-6-14(12-2,13-3)7-5-8(9,10)11/h4-7H2,1-3H3. The van der Waals surface area contributed by atoms with Crippen LogP contribution in [0.3, 0.4) is 0 Å². The Kier molecular flexibility index (Phi) is 5.69. The summed E-state index contributed by atoms with van der Waals surface area (Å²) in [6.45, 7) is 1.91. The smallest absolute Gasteiger partial charge is 0.389 e. The van der Waals surface area contributed by atoms with Gasteiger partial charge in [0.05, 0.1) is 0 Å². The summed E-state index contributed by atoms with van der Waals surface area (Å²) in [6.07, 6.45) is -4.16. The van der Waals surface area contributed by atoms with Crippen LogP contribution in [0.5, 0.6) is 0 Å². The number of hydrogen-bond donors (Lipinski definition) is 0. The van der Waals surface area contributed by atoms with E-state index in [1.807, 2.05) is 6.92 Å². The van der Waals surface area contributed by atoms with Crippen molar-refractivity contribution in [1.82, 2.24) is 0 Å². The summed E-state index contributed by atoms with van der Waals surface area (Å²) in [5.41, 5.74) is 0. The Morgan fingerprint density at radius 1 is 1.07 bits per heavy atom. The Balaban J connectivity index is 4.21. The Morgan fingerprint density at radius 2 is 1.57 bits per heavy atom. The van der Waals surface area contributed by atoms with Crippen molar-refractivity contribution in [3.63, 3.8) is 0 Å². The number of hydrogen-bond acceptors (Lipinski definition) is 2. The molecule has 0 spiro atoms. The van der Waals surface area contributed by atoms with Crippen LogP contribution in [0.1, 0.15) is 19.8 Å². The lowest BCUT2D eigenvalue weighted by atomic mass is 10.5. The maximum absolute atomic E-state index is 12.0. The van der Waals surface area contributed by atoms with E-state index in [0.29, 0.717) is 6.04 Å². The Morgan fingerprint density at radius 3 is 1.86 bits per heavy atom. The van der Waals surface area contributed by atoms with Crippen LogP contribution >= 0.6 is 0 Å². The van der Waals surface area contributed by atoms with Crippen LogP contribution in [0.2, 0.25) is 12.1 Å². The predicted molar refractivity (Wildman–Crippen MR) is 50.3 cm³/mol. The van der Waals surface area contributed by atoms with Crippen LogP contribution in [0, 0.1) is 0 Å². The van der Waals surface area contributed by atoms with Crippen molar-refractivity contribution in [1.29, 1.82) is 0 Å². The number of halogens is 3. The average Bonchev–Trinajstić information content (AvgIpc) is 2.11. The fourth-order valence-electron chi connectivity index (χ4n) is 1.33. The molecule has 0 aromatic heterocycles. The van der Waals surface area contributed by atoms with Gasteiger partial charge in [-0.25, -0.2) is 0 Å². The highest BCUT2D eigenvalue weighted by atomic mass is 28.4. The third-order valence-electron chi connectivity index (χ3n) is 2.16. The second kappa shape index (κ2) is 5.72. The van der Waals surface area contributed by atoms with Crippen LogP contribution in [0.15, 0.2) is 0 Å². The molecule has 0 aromatic carbocycles. The highest BCUT2D eigenvalue weighted by Gasteiger charge is 2.39. The summed E-state index contributed by atoms with van der Waals surface area (Å²) < 4.78 is 46.3. The number of rotatable bonds is 6. The Labute approximate surface area is 83.6 Å². The number of alkyl halides is 3. The van der Waals surface area contributed by atoms with Gasteiger partial charge in [-0.1, -0.05) is 13.3 Å². The SMILES string of the molecule is CCC[Si](CCC(F)(F)F)(OC)OC. The molecule has 0 fully saturated rings. The molecule has 86 valence electrons. The summed E-state index contributed by atoms with van der Waals surface area (Å²) in [7, 11) is 0.291. The fraction of sp³-hybridized carbons (Fsp3) is 1.00. The topological polar surface area (TPSA) is 18.5 Å². The van der Waals surface area contributed by atoms with E-state index in [9.17, 15) is 13.2 Å². The fourth-order valence-corrected chi connectivity index (χ4v) is 3.99. The third kappa shape index (κ3) is 4.97. The quantitative estimate of drug-likeness (QED) is 0.653. The van der Waals surface area contributed by atoms with Gasteiger partial charge in [-0.15, -0.1) is 0 Å². The summed E-state index contributed by atoms with van der Waals surface area (Å²) in [6, 6.07) is 0.591. The largest absolute Gasteiger partial charge is 0.398 e. The van der Waals surface area contributed by atoms with Crippen LogP contribution in [0.4, 0.5) is 13.2 Å². The van der Waals surface area contributed by atoms with Gasteiger partial charge in [-0.05, 0) is 12.1 Å². The maximum atomic E-state index is 12.0.